The Hall–Kier alpha value is -1.70. The molecule has 2 amide bonds. The van der Waals surface area contributed by atoms with E-state index in [0.717, 1.165) is 30.9 Å². The van der Waals surface area contributed by atoms with Gasteiger partial charge in [0.2, 0.25) is 22.1 Å². The topological polar surface area (TPSA) is 78.4 Å². The Bertz CT molecular complexity index is 532. The van der Waals surface area contributed by atoms with Gasteiger partial charge in [0.1, 0.15) is 6.04 Å². The van der Waals surface area contributed by atoms with Crippen LogP contribution in [-0.4, -0.2) is 48.2 Å². The van der Waals surface area contributed by atoms with Crippen molar-refractivity contribution in [1.29, 1.82) is 0 Å². The summed E-state index contributed by atoms with van der Waals surface area (Å²) in [5.74, 6) is 0.119. The van der Waals surface area contributed by atoms with Gasteiger partial charge in [-0.25, -0.2) is 0 Å². The fourth-order valence-corrected chi connectivity index (χ4v) is 3.68. The van der Waals surface area contributed by atoms with E-state index in [4.69, 9.17) is 0 Å². The number of aromatic nitrogens is 2. The van der Waals surface area contributed by atoms with E-state index < -0.39 is 0 Å². The predicted octanol–water partition coefficient (Wildman–Crippen LogP) is 0.380. The van der Waals surface area contributed by atoms with Crippen molar-refractivity contribution in [2.24, 2.45) is 0 Å². The summed E-state index contributed by atoms with van der Waals surface area (Å²) in [6, 6.07) is -0.171. The van der Waals surface area contributed by atoms with Crippen LogP contribution in [0.25, 0.3) is 0 Å². The molecule has 1 N–H and O–H groups in total. The number of nitrogens with zero attached hydrogens (tertiary/aromatic N) is 4. The minimum Gasteiger partial charge on any atom is -0.357 e. The van der Waals surface area contributed by atoms with Crippen LogP contribution in [-0.2, 0) is 9.59 Å². The average molecular weight is 295 g/mol. The normalized spacial score (nSPS) is 22.6. The van der Waals surface area contributed by atoms with Gasteiger partial charge >= 0.3 is 0 Å². The first kappa shape index (κ1) is 13.3. The van der Waals surface area contributed by atoms with Gasteiger partial charge < -0.3 is 10.2 Å². The lowest BCUT2D eigenvalue weighted by atomic mass is 10.2. The fraction of sp³-hybridized carbons (Fsp3) is 0.667. The Morgan fingerprint density at radius 1 is 1.30 bits per heavy atom. The monoisotopic (exact) mass is 295 g/mol. The third kappa shape index (κ3) is 2.24. The highest BCUT2D eigenvalue weighted by atomic mass is 32.1. The lowest BCUT2D eigenvalue weighted by molar-refractivity contribution is -0.121. The van der Waals surface area contributed by atoms with E-state index in [1.165, 1.54) is 11.3 Å². The molecule has 0 saturated carbocycles. The first-order valence-corrected chi connectivity index (χ1v) is 7.64. The van der Waals surface area contributed by atoms with Crippen LogP contribution in [0.1, 0.15) is 25.7 Å². The molecule has 0 aromatic carbocycles. The molecule has 2 fully saturated rings. The summed E-state index contributed by atoms with van der Waals surface area (Å²) in [6.07, 6.45) is 3.25. The number of hydrogen-bond acceptors (Lipinski definition) is 6. The van der Waals surface area contributed by atoms with Gasteiger partial charge in [-0.15, -0.1) is 10.2 Å². The van der Waals surface area contributed by atoms with Crippen LogP contribution in [0.2, 0.25) is 0 Å². The van der Waals surface area contributed by atoms with Crippen LogP contribution in [0.5, 0.6) is 0 Å². The molecule has 0 aliphatic carbocycles. The molecule has 108 valence electrons. The molecule has 0 unspecified atom stereocenters. The maximum atomic E-state index is 11.9. The molecular weight excluding hydrogens is 278 g/mol. The summed E-state index contributed by atoms with van der Waals surface area (Å²) in [7, 11) is 1.65. The number of amides is 2. The van der Waals surface area contributed by atoms with Gasteiger partial charge in [0.05, 0.1) is 0 Å². The molecule has 1 aromatic rings. The zero-order valence-corrected chi connectivity index (χ0v) is 12.2. The molecule has 7 nitrogen and oxygen atoms in total. The minimum atomic E-state index is -0.171. The molecule has 3 heterocycles. The van der Waals surface area contributed by atoms with Gasteiger partial charge in [-0.3, -0.25) is 14.5 Å². The van der Waals surface area contributed by atoms with Crippen LogP contribution in [0.4, 0.5) is 10.3 Å². The molecule has 2 aliphatic rings. The molecule has 1 aromatic heterocycles. The number of carbonyl (C=O) groups excluding carboxylic acids is 2. The van der Waals surface area contributed by atoms with Gasteiger partial charge in [0.15, 0.2) is 0 Å². The summed E-state index contributed by atoms with van der Waals surface area (Å²) >= 11 is 1.39. The van der Waals surface area contributed by atoms with Crippen molar-refractivity contribution in [3.8, 4) is 0 Å². The molecule has 3 rings (SSSR count). The van der Waals surface area contributed by atoms with Crippen molar-refractivity contribution in [1.82, 2.24) is 15.5 Å². The van der Waals surface area contributed by atoms with Gasteiger partial charge in [-0.2, -0.15) is 0 Å². The number of anilines is 2. The van der Waals surface area contributed by atoms with Crippen LogP contribution in [0.3, 0.4) is 0 Å². The number of nitrogens with one attached hydrogen (secondary N) is 1. The Morgan fingerprint density at radius 3 is 2.80 bits per heavy atom. The zero-order chi connectivity index (χ0) is 14.1. The minimum absolute atomic E-state index is 0.0106. The Labute approximate surface area is 121 Å². The highest BCUT2D eigenvalue weighted by Crippen LogP contribution is 2.33. The van der Waals surface area contributed by atoms with Gasteiger partial charge in [0.25, 0.3) is 0 Å². The Kier molecular flexibility index (Phi) is 3.56. The van der Waals surface area contributed by atoms with Crippen LogP contribution in [0, 0.1) is 0 Å². The maximum absolute atomic E-state index is 11.9. The van der Waals surface area contributed by atoms with E-state index in [-0.39, 0.29) is 17.9 Å². The number of carbonyl (C=O) groups is 2. The van der Waals surface area contributed by atoms with Crippen molar-refractivity contribution < 1.29 is 9.59 Å². The summed E-state index contributed by atoms with van der Waals surface area (Å²) < 4.78 is 0. The Morgan fingerprint density at radius 2 is 2.10 bits per heavy atom. The summed E-state index contributed by atoms with van der Waals surface area (Å²) in [6.45, 7) is 1.52. The van der Waals surface area contributed by atoms with E-state index in [9.17, 15) is 9.59 Å². The maximum Gasteiger partial charge on any atom is 0.242 e. The highest BCUT2D eigenvalue weighted by molar-refractivity contribution is 7.19. The number of rotatable bonds is 3. The Balaban J connectivity index is 1.79. The van der Waals surface area contributed by atoms with Crippen molar-refractivity contribution in [2.45, 2.75) is 31.7 Å². The van der Waals surface area contributed by atoms with Crippen molar-refractivity contribution in [3.63, 3.8) is 0 Å². The fourth-order valence-electron chi connectivity index (χ4n) is 2.72. The van der Waals surface area contributed by atoms with Crippen molar-refractivity contribution in [2.75, 3.05) is 29.9 Å². The van der Waals surface area contributed by atoms with Gasteiger partial charge in [-0.05, 0) is 19.3 Å². The first-order valence-electron chi connectivity index (χ1n) is 6.83. The zero-order valence-electron chi connectivity index (χ0n) is 11.3. The van der Waals surface area contributed by atoms with Crippen LogP contribution >= 0.6 is 11.3 Å². The lowest BCUT2D eigenvalue weighted by Crippen LogP contribution is -2.41. The molecule has 20 heavy (non-hydrogen) atoms. The second-order valence-electron chi connectivity index (χ2n) is 4.98. The largest absolute Gasteiger partial charge is 0.357 e. The molecule has 0 radical (unpaired) electrons. The standard InChI is InChI=1S/C12H17N5O2S/c1-13-10(19)8-4-2-6-16(8)11-14-15-12(20-11)17-7-3-5-9(17)18/h8H,2-7H2,1H3,(H,13,19)/t8-/m1/s1. The van der Waals surface area contributed by atoms with Crippen LogP contribution in [0.15, 0.2) is 0 Å². The van der Waals surface area contributed by atoms with E-state index in [2.05, 4.69) is 15.5 Å². The van der Waals surface area contributed by atoms with Crippen LogP contribution < -0.4 is 15.1 Å². The molecule has 2 aliphatic heterocycles. The van der Waals surface area contributed by atoms with E-state index in [1.807, 2.05) is 4.90 Å². The number of hydrogen-bond donors (Lipinski definition) is 1. The molecule has 8 heteroatoms. The van der Waals surface area contributed by atoms with Crippen molar-refractivity contribution >= 4 is 33.4 Å². The predicted molar refractivity (Wildman–Crippen MR) is 75.9 cm³/mol. The second kappa shape index (κ2) is 5.35. The molecule has 0 spiro atoms. The summed E-state index contributed by atoms with van der Waals surface area (Å²) in [5.41, 5.74) is 0. The van der Waals surface area contributed by atoms with Gasteiger partial charge in [-0.1, -0.05) is 11.3 Å². The third-order valence-corrected chi connectivity index (χ3v) is 4.74. The van der Waals surface area contributed by atoms with E-state index in [0.29, 0.717) is 18.1 Å². The quantitative estimate of drug-likeness (QED) is 0.872. The molecule has 1 atom stereocenters. The average Bonchev–Trinajstić information content (AvgIpc) is 3.16. The SMILES string of the molecule is CNC(=O)[C@H]1CCCN1c1nnc(N2CCCC2=O)s1. The molecule has 0 bridgehead atoms. The summed E-state index contributed by atoms with van der Waals surface area (Å²) in [5, 5.41) is 12.3. The smallest absolute Gasteiger partial charge is 0.242 e. The molecule has 2 saturated heterocycles. The third-order valence-electron chi connectivity index (χ3n) is 3.76. The van der Waals surface area contributed by atoms with E-state index >= 15 is 0 Å². The first-order chi connectivity index (χ1) is 9.70. The summed E-state index contributed by atoms with van der Waals surface area (Å²) in [4.78, 5) is 27.2. The van der Waals surface area contributed by atoms with E-state index in [1.54, 1.807) is 11.9 Å². The highest BCUT2D eigenvalue weighted by Gasteiger charge is 2.33. The second-order valence-corrected chi connectivity index (χ2v) is 5.92. The van der Waals surface area contributed by atoms with Crippen molar-refractivity contribution in [3.05, 3.63) is 0 Å². The lowest BCUT2D eigenvalue weighted by Gasteiger charge is -2.21. The van der Waals surface area contributed by atoms with Gasteiger partial charge in [0, 0.05) is 26.6 Å². The molecular formula is C12H17N5O2S. The number of likely N-dealkylation sites (N-methyl/N-ethyl adjacent to an activating group) is 1.